The molecule has 1 amide bonds. The second-order valence-corrected chi connectivity index (χ2v) is 13.4. The Labute approximate surface area is 249 Å². The fourth-order valence-corrected chi connectivity index (χ4v) is 8.61. The third kappa shape index (κ3) is 6.70. The van der Waals surface area contributed by atoms with Gasteiger partial charge in [-0.2, -0.15) is 4.31 Å². The van der Waals surface area contributed by atoms with Crippen LogP contribution in [0.1, 0.15) is 56.6 Å². The van der Waals surface area contributed by atoms with Gasteiger partial charge in [-0.1, -0.05) is 12.1 Å². The fraction of sp³-hybridized carbons (Fsp3) is 0.567. The monoisotopic (exact) mass is 625 g/mol. The van der Waals surface area contributed by atoms with Crippen molar-refractivity contribution in [1.29, 1.82) is 0 Å². The predicted octanol–water partition coefficient (Wildman–Crippen LogP) is 3.81. The maximum Gasteiger partial charge on any atom is 0.410 e. The van der Waals surface area contributed by atoms with Gasteiger partial charge in [-0.15, -0.1) is 0 Å². The molecule has 2 saturated heterocycles. The largest absolute Gasteiger partial charge is 0.441 e. The van der Waals surface area contributed by atoms with Crippen LogP contribution in [0.15, 0.2) is 47.4 Å². The van der Waals surface area contributed by atoms with E-state index >= 15 is 0 Å². The summed E-state index contributed by atoms with van der Waals surface area (Å²) in [5.74, 6) is -2.69. The van der Waals surface area contributed by atoms with E-state index in [4.69, 9.17) is 4.74 Å². The summed E-state index contributed by atoms with van der Waals surface area (Å²) < 4.78 is 78.5. The van der Waals surface area contributed by atoms with Gasteiger partial charge in [-0.25, -0.2) is 26.4 Å². The van der Waals surface area contributed by atoms with E-state index in [0.717, 1.165) is 16.4 Å². The Morgan fingerprint density at radius 1 is 0.953 bits per heavy atom. The number of benzene rings is 2. The molecule has 2 aromatic rings. The number of carbonyl (C=O) groups is 1. The maximum atomic E-state index is 14.9. The van der Waals surface area contributed by atoms with Crippen LogP contribution in [0.3, 0.4) is 0 Å². The molecular weight excluding hydrogens is 587 g/mol. The van der Waals surface area contributed by atoms with Crippen molar-refractivity contribution < 1.29 is 41.3 Å². The Morgan fingerprint density at radius 3 is 2.23 bits per heavy atom. The van der Waals surface area contributed by atoms with Crippen LogP contribution >= 0.6 is 0 Å². The van der Waals surface area contributed by atoms with Crippen LogP contribution in [0, 0.1) is 17.5 Å². The molecular formula is C30H38F3N3O6S. The minimum atomic E-state index is -4.58. The number of hydrogen-bond donors (Lipinski definition) is 2. The molecule has 0 spiro atoms. The number of hydrogen-bond acceptors (Lipinski definition) is 7. The number of aliphatic hydroxyl groups is 2. The van der Waals surface area contributed by atoms with E-state index in [1.54, 1.807) is 11.0 Å². The van der Waals surface area contributed by atoms with E-state index in [1.165, 1.54) is 18.2 Å². The van der Waals surface area contributed by atoms with Crippen LogP contribution in [-0.2, 0) is 14.8 Å². The molecule has 2 aromatic carbocycles. The molecule has 1 aliphatic carbocycles. The molecule has 5 rings (SSSR count). The first-order valence-electron chi connectivity index (χ1n) is 14.8. The van der Waals surface area contributed by atoms with Crippen molar-refractivity contribution in [2.75, 3.05) is 39.4 Å². The first-order valence-corrected chi connectivity index (χ1v) is 16.2. The second kappa shape index (κ2) is 13.1. The minimum Gasteiger partial charge on any atom is -0.441 e. The van der Waals surface area contributed by atoms with Crippen molar-refractivity contribution in [3.8, 4) is 0 Å². The first-order chi connectivity index (χ1) is 20.6. The zero-order valence-electron chi connectivity index (χ0n) is 23.9. The van der Waals surface area contributed by atoms with Crippen molar-refractivity contribution in [2.45, 2.75) is 73.6 Å². The van der Waals surface area contributed by atoms with Crippen molar-refractivity contribution in [3.63, 3.8) is 0 Å². The molecule has 0 bridgehead atoms. The number of ether oxygens (including phenoxy) is 1. The summed E-state index contributed by atoms with van der Waals surface area (Å²) in [6.07, 6.45) is 2.76. The predicted molar refractivity (Wildman–Crippen MR) is 151 cm³/mol. The summed E-state index contributed by atoms with van der Waals surface area (Å²) in [5, 5.41) is 18.7. The van der Waals surface area contributed by atoms with E-state index in [2.05, 4.69) is 0 Å². The summed E-state index contributed by atoms with van der Waals surface area (Å²) >= 11 is 0. The molecule has 2 heterocycles. The van der Waals surface area contributed by atoms with Crippen molar-refractivity contribution in [2.24, 2.45) is 0 Å². The van der Waals surface area contributed by atoms with E-state index in [-0.39, 0.29) is 19.3 Å². The van der Waals surface area contributed by atoms with E-state index in [9.17, 15) is 36.6 Å². The Bertz CT molecular complexity index is 1400. The van der Waals surface area contributed by atoms with E-state index in [0.29, 0.717) is 82.8 Å². The lowest BCUT2D eigenvalue weighted by Crippen LogP contribution is -2.55. The Balaban J connectivity index is 1.40. The highest BCUT2D eigenvalue weighted by Gasteiger charge is 2.60. The number of nitrogens with zero attached hydrogens (tertiary/aromatic N) is 3. The van der Waals surface area contributed by atoms with Gasteiger partial charge in [0.25, 0.3) is 0 Å². The number of halogens is 3. The third-order valence-electron chi connectivity index (χ3n) is 8.91. The number of rotatable bonds is 10. The molecule has 13 heteroatoms. The smallest absolute Gasteiger partial charge is 0.410 e. The highest BCUT2D eigenvalue weighted by Crippen LogP contribution is 2.53. The summed E-state index contributed by atoms with van der Waals surface area (Å²) in [4.78, 5) is 16.3. The molecule has 3 fully saturated rings. The molecule has 2 N–H and O–H groups in total. The van der Waals surface area contributed by atoms with Gasteiger partial charge in [0, 0.05) is 38.3 Å². The lowest BCUT2D eigenvalue weighted by Gasteiger charge is -2.45. The van der Waals surface area contributed by atoms with Gasteiger partial charge in [0.1, 0.15) is 27.9 Å². The number of amides is 1. The SMILES string of the molecule is O=C(OC1([C@H]2CCC[C@@H](c3cccc(F)c3)N2S(=O)(=O)c2ccc(F)cc2F)CC1)N1CCC(N(CCO)CCO)CC1. The summed E-state index contributed by atoms with van der Waals surface area (Å²) in [6.45, 7) is 1.56. The van der Waals surface area contributed by atoms with Crippen LogP contribution in [0.4, 0.5) is 18.0 Å². The van der Waals surface area contributed by atoms with Crippen LogP contribution in [0.25, 0.3) is 0 Å². The van der Waals surface area contributed by atoms with E-state index in [1.807, 2.05) is 4.90 Å². The standard InChI is InChI=1S/C30H38F3N3O6S/c31-22-4-1-3-21(19-22)26-5-2-6-28(36(26)43(40,41)27-8-7-23(32)20-25(27)33)30(11-12-30)42-29(39)35-13-9-24(10-14-35)34(15-17-37)16-18-38/h1,3-4,7-8,19-20,24,26,28,37-38H,2,5-6,9-18H2/t26-,28+/m0/s1. The number of likely N-dealkylation sites (tertiary alicyclic amines) is 1. The number of carbonyl (C=O) groups excluding carboxylic acids is 1. The van der Waals surface area contributed by atoms with Crippen LogP contribution in [0.2, 0.25) is 0 Å². The number of aliphatic hydroxyl groups excluding tert-OH is 2. The average Bonchev–Trinajstić information content (AvgIpc) is 3.77. The molecule has 0 aromatic heterocycles. The first kappa shape index (κ1) is 31.7. The van der Waals surface area contributed by atoms with Crippen molar-refractivity contribution >= 4 is 16.1 Å². The third-order valence-corrected chi connectivity index (χ3v) is 10.9. The molecule has 0 radical (unpaired) electrons. The lowest BCUT2D eigenvalue weighted by molar-refractivity contribution is -0.0148. The van der Waals surface area contributed by atoms with Gasteiger partial charge in [0.15, 0.2) is 0 Å². The minimum absolute atomic E-state index is 0.0377. The molecule has 2 atom stereocenters. The normalized spacial score (nSPS) is 23.0. The van der Waals surface area contributed by atoms with Gasteiger partial charge in [0.05, 0.1) is 25.3 Å². The fourth-order valence-electron chi connectivity index (χ4n) is 6.64. The molecule has 2 aliphatic heterocycles. The highest BCUT2D eigenvalue weighted by atomic mass is 32.2. The van der Waals surface area contributed by atoms with Gasteiger partial charge in [-0.3, -0.25) is 4.90 Å². The number of sulfonamides is 1. The quantitative estimate of drug-likeness (QED) is 0.413. The number of piperidine rings is 2. The Kier molecular flexibility index (Phi) is 9.67. The van der Waals surface area contributed by atoms with Crippen molar-refractivity contribution in [3.05, 3.63) is 65.5 Å². The Hall–Kier alpha value is -2.71. The van der Waals surface area contributed by atoms with E-state index < -0.39 is 56.1 Å². The highest BCUT2D eigenvalue weighted by molar-refractivity contribution is 7.89. The van der Waals surface area contributed by atoms with Gasteiger partial charge in [0.2, 0.25) is 10.0 Å². The van der Waals surface area contributed by atoms with Crippen LogP contribution in [0.5, 0.6) is 0 Å². The maximum absolute atomic E-state index is 14.9. The molecule has 236 valence electrons. The molecule has 0 unspecified atom stereocenters. The van der Waals surface area contributed by atoms with Crippen LogP contribution in [-0.4, -0.2) is 95.9 Å². The zero-order valence-corrected chi connectivity index (χ0v) is 24.7. The molecule has 1 saturated carbocycles. The van der Waals surface area contributed by atoms with Crippen LogP contribution < -0.4 is 0 Å². The zero-order chi connectivity index (χ0) is 30.8. The lowest BCUT2D eigenvalue weighted by atomic mass is 9.90. The van der Waals surface area contributed by atoms with Gasteiger partial charge < -0.3 is 19.8 Å². The molecule has 3 aliphatic rings. The topological polar surface area (TPSA) is 111 Å². The Morgan fingerprint density at radius 2 is 1.63 bits per heavy atom. The molecule has 9 nitrogen and oxygen atoms in total. The molecule has 43 heavy (non-hydrogen) atoms. The summed E-state index contributed by atoms with van der Waals surface area (Å²) in [7, 11) is -4.58. The summed E-state index contributed by atoms with van der Waals surface area (Å²) in [5.41, 5.74) is -0.737. The second-order valence-electron chi connectivity index (χ2n) is 11.6. The summed E-state index contributed by atoms with van der Waals surface area (Å²) in [6, 6.07) is 6.30. The van der Waals surface area contributed by atoms with Gasteiger partial charge >= 0.3 is 6.09 Å². The van der Waals surface area contributed by atoms with Crippen molar-refractivity contribution in [1.82, 2.24) is 14.1 Å². The average molecular weight is 626 g/mol. The van der Waals surface area contributed by atoms with Gasteiger partial charge in [-0.05, 0) is 74.8 Å².